The van der Waals surface area contributed by atoms with Crippen LogP contribution in [0.5, 0.6) is 5.75 Å². The van der Waals surface area contributed by atoms with E-state index in [0.717, 1.165) is 43.7 Å². The van der Waals surface area contributed by atoms with Gasteiger partial charge in [0.15, 0.2) is 0 Å². The average molecular weight is 566 g/mol. The van der Waals surface area contributed by atoms with Gasteiger partial charge in [0.2, 0.25) is 16.0 Å². The van der Waals surface area contributed by atoms with E-state index in [4.69, 9.17) is 9.72 Å². The third kappa shape index (κ3) is 5.04. The van der Waals surface area contributed by atoms with Gasteiger partial charge in [-0.2, -0.15) is 4.98 Å². The molecule has 4 aromatic rings. The highest BCUT2D eigenvalue weighted by atomic mass is 32.2. The minimum Gasteiger partial charge on any atom is -0.494 e. The molecule has 0 spiro atoms. The van der Waals surface area contributed by atoms with Crippen LogP contribution in [0.2, 0.25) is 0 Å². The van der Waals surface area contributed by atoms with Gasteiger partial charge in [-0.05, 0) is 44.2 Å². The largest absolute Gasteiger partial charge is 0.494 e. The number of nitrogens with one attached hydrogen (secondary N) is 1. The van der Waals surface area contributed by atoms with Gasteiger partial charge >= 0.3 is 0 Å². The predicted molar refractivity (Wildman–Crippen MR) is 155 cm³/mol. The zero-order valence-electron chi connectivity index (χ0n) is 22.5. The van der Waals surface area contributed by atoms with Gasteiger partial charge in [-0.15, -0.1) is 0 Å². The van der Waals surface area contributed by atoms with Crippen molar-refractivity contribution in [2.75, 3.05) is 67.2 Å². The topological polar surface area (TPSA) is 95.8 Å². The molecule has 2 aromatic heterocycles. The molecule has 210 valence electrons. The lowest BCUT2D eigenvalue weighted by atomic mass is 10.2. The second-order valence-corrected chi connectivity index (χ2v) is 12.2. The van der Waals surface area contributed by atoms with Crippen LogP contribution in [0.4, 0.5) is 27.4 Å². The van der Waals surface area contributed by atoms with E-state index in [1.165, 1.54) is 10.4 Å². The van der Waals surface area contributed by atoms with Crippen LogP contribution >= 0.6 is 0 Å². The molecule has 0 aliphatic carbocycles. The predicted octanol–water partition coefficient (Wildman–Crippen LogP) is 3.99. The van der Waals surface area contributed by atoms with E-state index in [9.17, 15) is 8.42 Å². The fraction of sp³-hybridized carbons (Fsp3) is 0.357. The third-order valence-electron chi connectivity index (χ3n) is 7.53. The number of nitrogens with zero attached hydrogens (tertiary/aromatic N) is 6. The summed E-state index contributed by atoms with van der Waals surface area (Å²) >= 11 is 0. The van der Waals surface area contributed by atoms with Crippen molar-refractivity contribution in [3.63, 3.8) is 0 Å². The van der Waals surface area contributed by atoms with Crippen molar-refractivity contribution < 1.29 is 17.5 Å². The Balaban J connectivity index is 1.30. The van der Waals surface area contributed by atoms with Crippen LogP contribution in [0.1, 0.15) is 12.8 Å². The van der Waals surface area contributed by atoms with Crippen molar-refractivity contribution in [1.82, 2.24) is 19.4 Å². The average Bonchev–Trinajstić information content (AvgIpc) is 3.37. The molecule has 2 aromatic carbocycles. The van der Waals surface area contributed by atoms with E-state index < -0.39 is 10.0 Å². The van der Waals surface area contributed by atoms with Gasteiger partial charge in [-0.1, -0.05) is 6.07 Å². The van der Waals surface area contributed by atoms with E-state index in [1.807, 2.05) is 46.0 Å². The maximum absolute atomic E-state index is 15.2. The Morgan fingerprint density at radius 1 is 1.00 bits per heavy atom. The smallest absolute Gasteiger partial charge is 0.235 e. The van der Waals surface area contributed by atoms with Gasteiger partial charge in [-0.25, -0.2) is 17.8 Å². The molecule has 2 fully saturated rings. The summed E-state index contributed by atoms with van der Waals surface area (Å²) in [6.07, 6.45) is 5.08. The molecule has 2 aliphatic heterocycles. The maximum Gasteiger partial charge on any atom is 0.235 e. The van der Waals surface area contributed by atoms with Crippen molar-refractivity contribution in [3.8, 4) is 11.4 Å². The second kappa shape index (κ2) is 10.6. The van der Waals surface area contributed by atoms with Crippen molar-refractivity contribution in [3.05, 3.63) is 60.7 Å². The highest BCUT2D eigenvalue weighted by molar-refractivity contribution is 7.92. The molecular weight excluding hydrogens is 533 g/mol. The monoisotopic (exact) mass is 565 g/mol. The minimum atomic E-state index is -3.33. The van der Waals surface area contributed by atoms with Gasteiger partial charge in [0.1, 0.15) is 17.2 Å². The molecule has 0 bridgehead atoms. The quantitative estimate of drug-likeness (QED) is 0.375. The van der Waals surface area contributed by atoms with Crippen molar-refractivity contribution >= 4 is 44.1 Å². The fourth-order valence-electron chi connectivity index (χ4n) is 5.28. The summed E-state index contributed by atoms with van der Waals surface area (Å²) in [5, 5.41) is 3.93. The minimum absolute atomic E-state index is 0.159. The lowest BCUT2D eigenvalue weighted by molar-refractivity contribution is 0.311. The first kappa shape index (κ1) is 26.3. The summed E-state index contributed by atoms with van der Waals surface area (Å²) < 4.78 is 49.5. The van der Waals surface area contributed by atoms with Gasteiger partial charge in [0.25, 0.3) is 0 Å². The van der Waals surface area contributed by atoms with Crippen LogP contribution in [-0.4, -0.2) is 80.5 Å². The Hall–Kier alpha value is -3.90. The van der Waals surface area contributed by atoms with E-state index >= 15 is 4.39 Å². The molecule has 0 atom stereocenters. The van der Waals surface area contributed by atoms with E-state index in [-0.39, 0.29) is 17.5 Å². The number of anilines is 4. The molecule has 2 saturated heterocycles. The normalized spacial score (nSPS) is 17.8. The lowest BCUT2D eigenvalue weighted by Gasteiger charge is -2.34. The summed E-state index contributed by atoms with van der Waals surface area (Å²) in [5.41, 5.74) is 2.97. The maximum atomic E-state index is 15.2. The summed E-state index contributed by atoms with van der Waals surface area (Å²) in [6.45, 7) is 3.69. The fourth-order valence-corrected chi connectivity index (χ4v) is 6.91. The summed E-state index contributed by atoms with van der Waals surface area (Å²) in [5.74, 6) is 0.589. The number of sulfonamides is 1. The Morgan fingerprint density at radius 3 is 2.58 bits per heavy atom. The summed E-state index contributed by atoms with van der Waals surface area (Å²) in [7, 11) is 0.284. The lowest BCUT2D eigenvalue weighted by Crippen LogP contribution is -2.44. The van der Waals surface area contributed by atoms with Crippen molar-refractivity contribution in [2.24, 2.45) is 0 Å². The summed E-state index contributed by atoms with van der Waals surface area (Å²) in [4.78, 5) is 13.4. The first-order valence-corrected chi connectivity index (χ1v) is 15.0. The molecule has 0 radical (unpaired) electrons. The molecule has 4 heterocycles. The molecular formula is C28H32FN7O3S. The number of rotatable bonds is 6. The van der Waals surface area contributed by atoms with Crippen LogP contribution in [-0.2, 0) is 10.0 Å². The molecule has 10 nitrogen and oxygen atoms in total. The highest BCUT2D eigenvalue weighted by Gasteiger charge is 2.26. The van der Waals surface area contributed by atoms with Crippen molar-refractivity contribution in [2.45, 2.75) is 12.8 Å². The third-order valence-corrected chi connectivity index (χ3v) is 9.40. The van der Waals surface area contributed by atoms with E-state index in [0.29, 0.717) is 41.4 Å². The van der Waals surface area contributed by atoms with Crippen LogP contribution in [0.25, 0.3) is 16.7 Å². The van der Waals surface area contributed by atoms with Gasteiger partial charge < -0.3 is 24.4 Å². The molecule has 12 heteroatoms. The van der Waals surface area contributed by atoms with Gasteiger partial charge in [0.05, 0.1) is 29.9 Å². The second-order valence-electron chi connectivity index (χ2n) is 10.2. The number of hydrogen-bond donors (Lipinski definition) is 1. The Bertz CT molecular complexity index is 1650. The SMILES string of the molecule is COc1cc(N2CCN(C)CC2)c(F)cc1Nc1ncc2ccn(-c3cccc(N4CCCCS4(=O)=O)c3)c2n1. The Labute approximate surface area is 233 Å². The van der Waals surface area contributed by atoms with Crippen LogP contribution < -0.4 is 19.3 Å². The van der Waals surface area contributed by atoms with Crippen molar-refractivity contribution in [1.29, 1.82) is 0 Å². The number of methoxy groups -OCH3 is 1. The number of aromatic nitrogens is 3. The zero-order valence-corrected chi connectivity index (χ0v) is 23.4. The standard InChI is InChI=1S/C28H32FN7O3S/c1-33-11-13-34(14-12-33)25-18-26(39-2)24(17-23(25)29)31-28-30-19-20-8-10-35(27(20)32-28)21-6-5-7-22(16-21)36-9-3-4-15-40(36,37)38/h5-8,10,16-19H,3-4,9,11-15H2,1-2H3,(H,30,31,32). The molecule has 40 heavy (non-hydrogen) atoms. The number of likely N-dealkylation sites (N-methyl/N-ethyl adjacent to an activating group) is 1. The molecule has 6 rings (SSSR count). The van der Waals surface area contributed by atoms with Crippen LogP contribution in [0.15, 0.2) is 54.9 Å². The van der Waals surface area contributed by atoms with Gasteiger partial charge in [-0.3, -0.25) is 4.31 Å². The Morgan fingerprint density at radius 2 is 1.80 bits per heavy atom. The molecule has 0 saturated carbocycles. The molecule has 1 N–H and O–H groups in total. The number of piperazine rings is 1. The number of fused-ring (bicyclic) bond motifs is 1. The zero-order chi connectivity index (χ0) is 27.9. The van der Waals surface area contributed by atoms with E-state index in [1.54, 1.807) is 19.4 Å². The molecule has 2 aliphatic rings. The summed E-state index contributed by atoms with van der Waals surface area (Å²) in [6, 6.07) is 12.4. The first-order chi connectivity index (χ1) is 19.3. The number of benzene rings is 2. The molecule has 0 amide bonds. The molecule has 0 unspecified atom stereocenters. The van der Waals surface area contributed by atoms with Crippen LogP contribution in [0.3, 0.4) is 0 Å². The number of hydrogen-bond acceptors (Lipinski definition) is 8. The van der Waals surface area contributed by atoms with Crippen LogP contribution in [0, 0.1) is 5.82 Å². The van der Waals surface area contributed by atoms with E-state index in [2.05, 4.69) is 22.2 Å². The Kier molecular flexibility index (Phi) is 6.97. The highest BCUT2D eigenvalue weighted by Crippen LogP contribution is 2.35. The van der Waals surface area contributed by atoms with Gasteiger partial charge in [0, 0.05) is 68.3 Å². The number of halogens is 1. The number of ether oxygens (including phenoxy) is 1. The first-order valence-electron chi connectivity index (χ1n) is 13.4.